The number of carbonyl (C=O) groups excluding carboxylic acids is 1. The summed E-state index contributed by atoms with van der Waals surface area (Å²) in [5.74, 6) is 0. The van der Waals surface area contributed by atoms with Gasteiger partial charge in [-0.2, -0.15) is 0 Å². The molecule has 0 bridgehead atoms. The van der Waals surface area contributed by atoms with Crippen LogP contribution < -0.4 is 0 Å². The molecule has 4 atom stereocenters. The van der Waals surface area contributed by atoms with Gasteiger partial charge in [-0.05, 0) is 51.7 Å². The van der Waals surface area contributed by atoms with E-state index in [0.717, 1.165) is 11.1 Å². The van der Waals surface area contributed by atoms with Crippen molar-refractivity contribution in [3.05, 3.63) is 71.8 Å². The third-order valence-corrected chi connectivity index (χ3v) is 6.76. The molecule has 0 aromatic heterocycles. The van der Waals surface area contributed by atoms with Gasteiger partial charge in [-0.3, -0.25) is 0 Å². The van der Waals surface area contributed by atoms with Crippen molar-refractivity contribution < 1.29 is 33.2 Å². The van der Waals surface area contributed by atoms with Gasteiger partial charge in [0, 0.05) is 24.0 Å². The van der Waals surface area contributed by atoms with Gasteiger partial charge in [0.1, 0.15) is 0 Å². The van der Waals surface area contributed by atoms with Crippen LogP contribution in [0.3, 0.4) is 0 Å². The minimum Gasteiger partial charge on any atom is -0.434 e. The van der Waals surface area contributed by atoms with Crippen LogP contribution in [0.25, 0.3) is 0 Å². The highest BCUT2D eigenvalue weighted by Gasteiger charge is 2.30. The Bertz CT molecular complexity index is 833. The Hall–Kier alpha value is -2.45. The monoisotopic (exact) mass is 530 g/mol. The summed E-state index contributed by atoms with van der Waals surface area (Å²) in [6, 6.07) is 20.2. The summed E-state index contributed by atoms with van der Waals surface area (Å²) >= 11 is 0. The van der Waals surface area contributed by atoms with E-state index < -0.39 is 6.16 Å². The molecule has 0 aliphatic rings. The highest BCUT2D eigenvalue weighted by atomic mass is 16.7. The third kappa shape index (κ3) is 10.7. The summed E-state index contributed by atoms with van der Waals surface area (Å²) in [6.07, 6.45) is -0.143. The van der Waals surface area contributed by atoms with Crippen molar-refractivity contribution in [3.63, 3.8) is 0 Å². The van der Waals surface area contributed by atoms with E-state index in [2.05, 4.69) is 38.1 Å². The van der Waals surface area contributed by atoms with Crippen molar-refractivity contribution in [1.82, 2.24) is 0 Å². The Morgan fingerprint density at radius 1 is 0.658 bits per heavy atom. The van der Waals surface area contributed by atoms with Gasteiger partial charge in [0.05, 0.1) is 26.4 Å². The Morgan fingerprint density at radius 2 is 1.03 bits per heavy atom. The fraction of sp³-hybridized carbons (Fsp3) is 0.581. The summed E-state index contributed by atoms with van der Waals surface area (Å²) in [5.41, 5.74) is 1.52. The van der Waals surface area contributed by atoms with E-state index in [0.29, 0.717) is 39.3 Å². The molecule has 0 fully saturated rings. The molecule has 7 nitrogen and oxygen atoms in total. The molecule has 7 heteroatoms. The standard InChI is InChI=1S/C31H46O7/c1-7-33-25(3)37-23-30(5,27-15-11-9-12-16-27)19-21-35-29(32)36-22-20-31(6,24-38-26(4)34-8-2)28-17-13-10-14-18-28/h9-18,25-26H,7-8,19-24H2,1-6H3. The van der Waals surface area contributed by atoms with Crippen molar-refractivity contribution in [1.29, 1.82) is 0 Å². The largest absolute Gasteiger partial charge is 0.508 e. The predicted molar refractivity (Wildman–Crippen MR) is 148 cm³/mol. The van der Waals surface area contributed by atoms with Gasteiger partial charge in [-0.1, -0.05) is 74.5 Å². The van der Waals surface area contributed by atoms with Gasteiger partial charge < -0.3 is 28.4 Å². The van der Waals surface area contributed by atoms with E-state index in [1.54, 1.807) is 0 Å². The average molecular weight is 531 g/mol. The second kappa shape index (κ2) is 16.5. The highest BCUT2D eigenvalue weighted by Crippen LogP contribution is 2.30. The van der Waals surface area contributed by atoms with Gasteiger partial charge >= 0.3 is 6.16 Å². The van der Waals surface area contributed by atoms with E-state index >= 15 is 0 Å². The van der Waals surface area contributed by atoms with Crippen LogP contribution in [0.5, 0.6) is 0 Å². The Kier molecular flexibility index (Phi) is 13.8. The molecule has 2 aromatic rings. The number of hydrogen-bond acceptors (Lipinski definition) is 7. The van der Waals surface area contributed by atoms with Gasteiger partial charge in [-0.15, -0.1) is 0 Å². The van der Waals surface area contributed by atoms with E-state index in [9.17, 15) is 4.79 Å². The molecule has 2 aromatic carbocycles. The lowest BCUT2D eigenvalue weighted by molar-refractivity contribution is -0.139. The lowest BCUT2D eigenvalue weighted by Gasteiger charge is -2.31. The second-order valence-corrected chi connectivity index (χ2v) is 9.97. The first-order chi connectivity index (χ1) is 18.2. The van der Waals surface area contributed by atoms with Crippen molar-refractivity contribution in [2.45, 2.75) is 77.8 Å². The van der Waals surface area contributed by atoms with Gasteiger partial charge in [0.25, 0.3) is 0 Å². The summed E-state index contributed by atoms with van der Waals surface area (Å²) in [4.78, 5) is 12.4. The molecular weight excluding hydrogens is 484 g/mol. The fourth-order valence-electron chi connectivity index (χ4n) is 4.21. The number of benzene rings is 2. The van der Waals surface area contributed by atoms with E-state index in [-0.39, 0.29) is 36.6 Å². The van der Waals surface area contributed by atoms with Crippen LogP contribution in [0, 0.1) is 0 Å². The molecule has 38 heavy (non-hydrogen) atoms. The van der Waals surface area contributed by atoms with Crippen molar-refractivity contribution >= 4 is 6.16 Å². The van der Waals surface area contributed by atoms with E-state index in [1.807, 2.05) is 64.1 Å². The van der Waals surface area contributed by atoms with Crippen LogP contribution in [0.15, 0.2) is 60.7 Å². The lowest BCUT2D eigenvalue weighted by Crippen LogP contribution is -2.33. The molecule has 2 rings (SSSR count). The zero-order valence-corrected chi connectivity index (χ0v) is 23.9. The van der Waals surface area contributed by atoms with E-state index in [4.69, 9.17) is 28.4 Å². The van der Waals surface area contributed by atoms with E-state index in [1.165, 1.54) is 0 Å². The van der Waals surface area contributed by atoms with Crippen molar-refractivity contribution in [2.24, 2.45) is 0 Å². The molecule has 0 amide bonds. The molecule has 0 spiro atoms. The van der Waals surface area contributed by atoms with Gasteiger partial charge in [0.2, 0.25) is 0 Å². The lowest BCUT2D eigenvalue weighted by atomic mass is 9.80. The second-order valence-electron chi connectivity index (χ2n) is 9.97. The normalized spacial score (nSPS) is 16.2. The molecule has 0 aliphatic heterocycles. The number of hydrogen-bond donors (Lipinski definition) is 0. The molecule has 0 N–H and O–H groups in total. The predicted octanol–water partition coefficient (Wildman–Crippen LogP) is 6.63. The summed E-state index contributed by atoms with van der Waals surface area (Å²) < 4.78 is 33.9. The van der Waals surface area contributed by atoms with Crippen LogP contribution in [0.2, 0.25) is 0 Å². The maximum absolute atomic E-state index is 12.4. The quantitative estimate of drug-likeness (QED) is 0.158. The van der Waals surface area contributed by atoms with Gasteiger partial charge in [-0.25, -0.2) is 4.79 Å². The average Bonchev–Trinajstić information content (AvgIpc) is 2.92. The maximum atomic E-state index is 12.4. The van der Waals surface area contributed by atoms with Crippen molar-refractivity contribution in [2.75, 3.05) is 39.6 Å². The van der Waals surface area contributed by atoms with Crippen LogP contribution in [0.1, 0.15) is 65.5 Å². The summed E-state index contributed by atoms with van der Waals surface area (Å²) in [6.45, 7) is 14.3. The Morgan fingerprint density at radius 3 is 1.37 bits per heavy atom. The minimum atomic E-state index is -0.678. The number of carbonyl (C=O) groups is 1. The maximum Gasteiger partial charge on any atom is 0.508 e. The minimum absolute atomic E-state index is 0.210. The van der Waals surface area contributed by atoms with Crippen LogP contribution in [-0.2, 0) is 39.3 Å². The first-order valence-corrected chi connectivity index (χ1v) is 13.6. The third-order valence-electron chi connectivity index (χ3n) is 6.76. The van der Waals surface area contributed by atoms with Crippen LogP contribution in [-0.4, -0.2) is 58.4 Å². The molecule has 0 heterocycles. The SMILES string of the molecule is CCOC(C)OCC(C)(CCOC(=O)OCCC(C)(COC(C)OCC)c1ccccc1)c1ccccc1. The van der Waals surface area contributed by atoms with Gasteiger partial charge in [0.15, 0.2) is 12.6 Å². The molecule has 212 valence electrons. The first kappa shape index (κ1) is 31.8. The molecule has 0 radical (unpaired) electrons. The number of rotatable bonds is 18. The summed E-state index contributed by atoms with van der Waals surface area (Å²) in [7, 11) is 0. The highest BCUT2D eigenvalue weighted by molar-refractivity contribution is 5.59. The van der Waals surface area contributed by atoms with Crippen LogP contribution >= 0.6 is 0 Å². The summed E-state index contributed by atoms with van der Waals surface area (Å²) in [5, 5.41) is 0. The Labute approximate surface area is 228 Å². The number of ether oxygens (including phenoxy) is 6. The smallest absolute Gasteiger partial charge is 0.434 e. The zero-order chi connectivity index (χ0) is 27.9. The molecular formula is C31H46O7. The zero-order valence-electron chi connectivity index (χ0n) is 23.9. The molecule has 4 unspecified atom stereocenters. The topological polar surface area (TPSA) is 72.5 Å². The molecule has 0 saturated carbocycles. The molecule has 0 aliphatic carbocycles. The van der Waals surface area contributed by atoms with Crippen LogP contribution in [0.4, 0.5) is 4.79 Å². The molecule has 0 saturated heterocycles. The first-order valence-electron chi connectivity index (χ1n) is 13.6. The fourth-order valence-corrected chi connectivity index (χ4v) is 4.21. The Balaban J connectivity index is 1.90. The van der Waals surface area contributed by atoms with Crippen molar-refractivity contribution in [3.8, 4) is 0 Å².